The number of urea groups is 1. The van der Waals surface area contributed by atoms with Crippen LogP contribution in [-0.2, 0) is 4.74 Å². The number of amides is 2. The number of aromatic nitrogens is 1. The molecule has 7 nitrogen and oxygen atoms in total. The molecule has 7 heteroatoms. The molecule has 0 saturated heterocycles. The van der Waals surface area contributed by atoms with Gasteiger partial charge in [-0.2, -0.15) is 0 Å². The number of aromatic carboxylic acids is 1. The number of carboxylic acid groups (broad SMARTS) is 1. The van der Waals surface area contributed by atoms with Crippen molar-refractivity contribution in [3.63, 3.8) is 0 Å². The molecule has 0 spiro atoms. The van der Waals surface area contributed by atoms with Crippen molar-refractivity contribution < 1.29 is 19.4 Å². The lowest BCUT2D eigenvalue weighted by molar-refractivity contribution is 0.0696. The van der Waals surface area contributed by atoms with E-state index in [9.17, 15) is 9.59 Å². The number of hydrogen-bond acceptors (Lipinski definition) is 4. The van der Waals surface area contributed by atoms with Gasteiger partial charge in [-0.3, -0.25) is 4.98 Å². The molecule has 1 rings (SSSR count). The summed E-state index contributed by atoms with van der Waals surface area (Å²) < 4.78 is 5.28. The highest BCUT2D eigenvalue weighted by molar-refractivity contribution is 5.92. The predicted molar refractivity (Wildman–Crippen MR) is 73.9 cm³/mol. The third-order valence-corrected chi connectivity index (χ3v) is 2.34. The highest BCUT2D eigenvalue weighted by Gasteiger charge is 2.06. The molecular formula is C13H19N3O4. The monoisotopic (exact) mass is 281 g/mol. The van der Waals surface area contributed by atoms with Gasteiger partial charge in [0.05, 0.1) is 17.4 Å². The molecule has 3 N–H and O–H groups in total. The molecule has 2 amide bonds. The standard InChI is InChI=1S/C13H19N3O4/c1-2-5-20-6-3-4-15-13(19)16-11-7-10(12(17)18)8-14-9-11/h7-9H,2-6H2,1H3,(H,17,18)(H2,15,16,19). The van der Waals surface area contributed by atoms with E-state index in [4.69, 9.17) is 9.84 Å². The zero-order chi connectivity index (χ0) is 14.8. The largest absolute Gasteiger partial charge is 0.478 e. The van der Waals surface area contributed by atoms with Crippen LogP contribution < -0.4 is 10.6 Å². The third-order valence-electron chi connectivity index (χ3n) is 2.34. The van der Waals surface area contributed by atoms with Crippen molar-refractivity contribution in [2.45, 2.75) is 19.8 Å². The van der Waals surface area contributed by atoms with Crippen LogP contribution in [0.3, 0.4) is 0 Å². The normalized spacial score (nSPS) is 10.1. The first kappa shape index (κ1) is 15.9. The summed E-state index contributed by atoms with van der Waals surface area (Å²) in [5.41, 5.74) is 0.361. The van der Waals surface area contributed by atoms with Gasteiger partial charge in [-0.15, -0.1) is 0 Å². The summed E-state index contributed by atoms with van der Waals surface area (Å²) >= 11 is 0. The van der Waals surface area contributed by atoms with Crippen molar-refractivity contribution >= 4 is 17.7 Å². The van der Waals surface area contributed by atoms with E-state index in [1.165, 1.54) is 18.5 Å². The van der Waals surface area contributed by atoms with Crippen molar-refractivity contribution in [3.8, 4) is 0 Å². The van der Waals surface area contributed by atoms with Gasteiger partial charge >= 0.3 is 12.0 Å². The fraction of sp³-hybridized carbons (Fsp3) is 0.462. The Bertz CT molecular complexity index is 451. The van der Waals surface area contributed by atoms with E-state index in [2.05, 4.69) is 15.6 Å². The summed E-state index contributed by atoms with van der Waals surface area (Å²) in [4.78, 5) is 26.0. The number of carbonyl (C=O) groups is 2. The summed E-state index contributed by atoms with van der Waals surface area (Å²) in [6.45, 7) is 3.84. The fourth-order valence-corrected chi connectivity index (χ4v) is 1.42. The Kier molecular flexibility index (Phi) is 7.05. The summed E-state index contributed by atoms with van der Waals surface area (Å²) in [6, 6.07) is 0.948. The number of rotatable bonds is 8. The number of hydrogen-bond donors (Lipinski definition) is 3. The van der Waals surface area contributed by atoms with E-state index in [0.717, 1.165) is 19.4 Å². The second-order valence-electron chi connectivity index (χ2n) is 4.11. The molecule has 0 saturated carbocycles. The minimum atomic E-state index is -1.09. The molecule has 1 heterocycles. The summed E-state index contributed by atoms with van der Waals surface area (Å²) in [7, 11) is 0. The maximum atomic E-state index is 11.5. The van der Waals surface area contributed by atoms with Gasteiger partial charge in [0, 0.05) is 26.0 Å². The number of nitrogens with zero attached hydrogens (tertiary/aromatic N) is 1. The van der Waals surface area contributed by atoms with Crippen molar-refractivity contribution in [1.82, 2.24) is 10.3 Å². The molecule has 0 aliphatic heterocycles. The highest BCUT2D eigenvalue weighted by Crippen LogP contribution is 2.07. The predicted octanol–water partition coefficient (Wildman–Crippen LogP) is 1.72. The lowest BCUT2D eigenvalue weighted by Gasteiger charge is -2.08. The first-order valence-corrected chi connectivity index (χ1v) is 6.44. The van der Waals surface area contributed by atoms with Gasteiger partial charge in [-0.05, 0) is 18.9 Å². The maximum absolute atomic E-state index is 11.5. The molecule has 1 aromatic rings. The van der Waals surface area contributed by atoms with Crippen LogP contribution in [0.5, 0.6) is 0 Å². The Hall–Kier alpha value is -2.15. The molecule has 0 bridgehead atoms. The number of carbonyl (C=O) groups excluding carboxylic acids is 1. The average molecular weight is 281 g/mol. The molecule has 20 heavy (non-hydrogen) atoms. The van der Waals surface area contributed by atoms with Crippen LogP contribution in [0.15, 0.2) is 18.5 Å². The second kappa shape index (κ2) is 8.87. The SMILES string of the molecule is CCCOCCCNC(=O)Nc1cncc(C(=O)O)c1. The first-order chi connectivity index (χ1) is 9.63. The van der Waals surface area contributed by atoms with Crippen LogP contribution in [-0.4, -0.2) is 41.8 Å². The van der Waals surface area contributed by atoms with Gasteiger partial charge in [0.2, 0.25) is 0 Å². The minimum Gasteiger partial charge on any atom is -0.478 e. The van der Waals surface area contributed by atoms with Crippen molar-refractivity contribution in [2.24, 2.45) is 0 Å². The molecule has 110 valence electrons. The van der Waals surface area contributed by atoms with Gasteiger partial charge < -0.3 is 20.5 Å². The number of ether oxygens (including phenoxy) is 1. The Morgan fingerprint density at radius 2 is 2.15 bits per heavy atom. The van der Waals surface area contributed by atoms with E-state index >= 15 is 0 Å². The Balaban J connectivity index is 2.28. The molecule has 0 radical (unpaired) electrons. The molecule has 0 aliphatic carbocycles. The molecule has 1 aromatic heterocycles. The molecule has 0 aliphatic rings. The lowest BCUT2D eigenvalue weighted by atomic mass is 10.3. The summed E-state index contributed by atoms with van der Waals surface area (Å²) in [5, 5.41) is 14.0. The molecule has 0 atom stereocenters. The number of carboxylic acids is 1. The van der Waals surface area contributed by atoms with Gasteiger partial charge in [-0.1, -0.05) is 6.92 Å². The number of nitrogens with one attached hydrogen (secondary N) is 2. The van der Waals surface area contributed by atoms with Crippen LogP contribution in [0.2, 0.25) is 0 Å². The van der Waals surface area contributed by atoms with E-state index in [0.29, 0.717) is 18.8 Å². The molecular weight excluding hydrogens is 262 g/mol. The van der Waals surface area contributed by atoms with Crippen LogP contribution in [0.4, 0.5) is 10.5 Å². The van der Waals surface area contributed by atoms with Gasteiger partial charge in [-0.25, -0.2) is 9.59 Å². The fourth-order valence-electron chi connectivity index (χ4n) is 1.42. The first-order valence-electron chi connectivity index (χ1n) is 6.44. The minimum absolute atomic E-state index is 0.0239. The zero-order valence-electron chi connectivity index (χ0n) is 11.4. The van der Waals surface area contributed by atoms with Gasteiger partial charge in [0.1, 0.15) is 0 Å². The number of anilines is 1. The van der Waals surface area contributed by atoms with Crippen LogP contribution in [0, 0.1) is 0 Å². The maximum Gasteiger partial charge on any atom is 0.337 e. The zero-order valence-corrected chi connectivity index (χ0v) is 11.4. The van der Waals surface area contributed by atoms with Gasteiger partial charge in [0.25, 0.3) is 0 Å². The van der Waals surface area contributed by atoms with Crippen LogP contribution >= 0.6 is 0 Å². The molecule has 0 fully saturated rings. The van der Waals surface area contributed by atoms with Crippen LogP contribution in [0.25, 0.3) is 0 Å². The van der Waals surface area contributed by atoms with Gasteiger partial charge in [0.15, 0.2) is 0 Å². The molecule has 0 aromatic carbocycles. The average Bonchev–Trinajstić information content (AvgIpc) is 2.43. The Labute approximate surface area is 117 Å². The van der Waals surface area contributed by atoms with E-state index in [1.54, 1.807) is 0 Å². The van der Waals surface area contributed by atoms with Crippen molar-refractivity contribution in [3.05, 3.63) is 24.0 Å². The quantitative estimate of drug-likeness (QED) is 0.630. The smallest absolute Gasteiger partial charge is 0.337 e. The summed E-state index contributed by atoms with van der Waals surface area (Å²) in [5.74, 6) is -1.09. The Morgan fingerprint density at radius 1 is 1.35 bits per heavy atom. The van der Waals surface area contributed by atoms with Crippen molar-refractivity contribution in [2.75, 3.05) is 25.1 Å². The third kappa shape index (κ3) is 6.14. The highest BCUT2D eigenvalue weighted by atomic mass is 16.5. The lowest BCUT2D eigenvalue weighted by Crippen LogP contribution is -2.30. The van der Waals surface area contributed by atoms with Crippen molar-refractivity contribution in [1.29, 1.82) is 0 Å². The summed E-state index contributed by atoms with van der Waals surface area (Å²) in [6.07, 6.45) is 4.30. The van der Waals surface area contributed by atoms with Crippen LogP contribution in [0.1, 0.15) is 30.1 Å². The van der Waals surface area contributed by atoms with E-state index in [1.807, 2.05) is 6.92 Å². The van der Waals surface area contributed by atoms with E-state index < -0.39 is 12.0 Å². The van der Waals surface area contributed by atoms with E-state index in [-0.39, 0.29) is 5.56 Å². The Morgan fingerprint density at radius 3 is 2.85 bits per heavy atom. The second-order valence-corrected chi connectivity index (χ2v) is 4.11. The number of pyridine rings is 1. The topological polar surface area (TPSA) is 101 Å². The molecule has 0 unspecified atom stereocenters.